The number of amides is 1. The molecule has 0 aromatic heterocycles. The van der Waals surface area contributed by atoms with Crippen molar-refractivity contribution in [3.8, 4) is 23.3 Å². The lowest BCUT2D eigenvalue weighted by molar-refractivity contribution is -0.127. The van der Waals surface area contributed by atoms with Crippen molar-refractivity contribution in [2.75, 3.05) is 14.2 Å². The zero-order chi connectivity index (χ0) is 19.1. The summed E-state index contributed by atoms with van der Waals surface area (Å²) >= 11 is 0. The minimum Gasteiger partial charge on any atom is -0.497 e. The van der Waals surface area contributed by atoms with E-state index in [9.17, 15) is 4.79 Å². The Kier molecular flexibility index (Phi) is 6.45. The summed E-state index contributed by atoms with van der Waals surface area (Å²) in [5.41, 5.74) is 1.38. The van der Waals surface area contributed by atoms with Crippen LogP contribution in [0.1, 0.15) is 31.0 Å². The third kappa shape index (κ3) is 4.67. The Morgan fingerprint density at radius 2 is 1.69 bits per heavy atom. The summed E-state index contributed by atoms with van der Waals surface area (Å²) in [7, 11) is 3.16. The Morgan fingerprint density at radius 1 is 1.04 bits per heavy atom. The van der Waals surface area contributed by atoms with Crippen LogP contribution in [0.25, 0.3) is 0 Å². The topological polar surface area (TPSA) is 80.6 Å². The van der Waals surface area contributed by atoms with Crippen LogP contribution in [0.2, 0.25) is 0 Å². The van der Waals surface area contributed by atoms with Crippen LogP contribution in [0.4, 0.5) is 0 Å². The molecule has 0 saturated carbocycles. The maximum atomic E-state index is 12.4. The zero-order valence-electron chi connectivity index (χ0n) is 15.3. The summed E-state index contributed by atoms with van der Waals surface area (Å²) < 4.78 is 16.2. The van der Waals surface area contributed by atoms with E-state index in [0.717, 1.165) is 5.56 Å². The van der Waals surface area contributed by atoms with Gasteiger partial charge in [-0.3, -0.25) is 4.79 Å². The number of nitrogens with one attached hydrogen (secondary N) is 1. The van der Waals surface area contributed by atoms with Crippen LogP contribution < -0.4 is 19.5 Å². The van der Waals surface area contributed by atoms with Crippen LogP contribution in [-0.2, 0) is 4.79 Å². The van der Waals surface area contributed by atoms with E-state index in [1.165, 1.54) is 0 Å². The number of carbonyl (C=O) groups is 1. The average molecular weight is 354 g/mol. The van der Waals surface area contributed by atoms with Crippen molar-refractivity contribution in [3.63, 3.8) is 0 Å². The molecule has 1 amide bonds. The van der Waals surface area contributed by atoms with Gasteiger partial charge in [0.15, 0.2) is 6.10 Å². The van der Waals surface area contributed by atoms with Crippen molar-refractivity contribution in [1.29, 1.82) is 5.26 Å². The largest absolute Gasteiger partial charge is 0.497 e. The second kappa shape index (κ2) is 8.77. The summed E-state index contributed by atoms with van der Waals surface area (Å²) in [4.78, 5) is 12.4. The van der Waals surface area contributed by atoms with E-state index in [4.69, 9.17) is 19.5 Å². The molecule has 6 nitrogen and oxygen atoms in total. The standard InChI is InChI=1S/C20H22N2O4/c1-13(18-10-9-17(24-3)11-19(18)25-4)22-20(23)14(2)26-16-7-5-15(12-21)6-8-16/h5-11,13-14H,1-4H3,(H,22,23). The number of ether oxygens (including phenoxy) is 3. The van der Waals surface area contributed by atoms with Crippen molar-refractivity contribution in [2.24, 2.45) is 0 Å². The van der Waals surface area contributed by atoms with Crippen molar-refractivity contribution in [1.82, 2.24) is 5.32 Å². The molecular formula is C20H22N2O4. The molecule has 2 rings (SSSR count). The Hall–Kier alpha value is -3.20. The third-order valence-electron chi connectivity index (χ3n) is 3.93. The fourth-order valence-corrected chi connectivity index (χ4v) is 2.45. The number of methoxy groups -OCH3 is 2. The predicted octanol–water partition coefficient (Wildman–Crippen LogP) is 3.22. The second-order valence-corrected chi connectivity index (χ2v) is 5.73. The highest BCUT2D eigenvalue weighted by Crippen LogP contribution is 2.29. The summed E-state index contributed by atoms with van der Waals surface area (Å²) in [5, 5.41) is 11.7. The van der Waals surface area contributed by atoms with Gasteiger partial charge in [-0.1, -0.05) is 0 Å². The van der Waals surface area contributed by atoms with Crippen LogP contribution in [0.5, 0.6) is 17.2 Å². The maximum Gasteiger partial charge on any atom is 0.261 e. The van der Waals surface area contributed by atoms with Crippen molar-refractivity contribution >= 4 is 5.91 Å². The highest BCUT2D eigenvalue weighted by molar-refractivity contribution is 5.81. The van der Waals surface area contributed by atoms with Gasteiger partial charge >= 0.3 is 0 Å². The molecule has 2 unspecified atom stereocenters. The van der Waals surface area contributed by atoms with Crippen LogP contribution in [0, 0.1) is 11.3 Å². The molecule has 0 aliphatic rings. The lowest BCUT2D eigenvalue weighted by Crippen LogP contribution is -2.37. The van der Waals surface area contributed by atoms with E-state index in [2.05, 4.69) is 5.32 Å². The van der Waals surface area contributed by atoms with Crippen LogP contribution >= 0.6 is 0 Å². The van der Waals surface area contributed by atoms with Gasteiger partial charge in [0.05, 0.1) is 31.9 Å². The van der Waals surface area contributed by atoms with Gasteiger partial charge < -0.3 is 19.5 Å². The zero-order valence-corrected chi connectivity index (χ0v) is 15.3. The molecule has 0 aliphatic carbocycles. The first-order valence-corrected chi connectivity index (χ1v) is 8.17. The smallest absolute Gasteiger partial charge is 0.261 e. The lowest BCUT2D eigenvalue weighted by Gasteiger charge is -2.21. The Morgan fingerprint density at radius 3 is 2.27 bits per heavy atom. The monoisotopic (exact) mass is 354 g/mol. The molecule has 26 heavy (non-hydrogen) atoms. The predicted molar refractivity (Wildman–Crippen MR) is 97.4 cm³/mol. The molecule has 0 bridgehead atoms. The molecule has 136 valence electrons. The number of nitriles is 1. The van der Waals surface area contributed by atoms with Gasteiger partial charge in [-0.15, -0.1) is 0 Å². The van der Waals surface area contributed by atoms with Crippen LogP contribution in [0.3, 0.4) is 0 Å². The number of hydrogen-bond donors (Lipinski definition) is 1. The molecule has 0 saturated heterocycles. The summed E-state index contributed by atoms with van der Waals surface area (Å²) in [6.07, 6.45) is -0.686. The van der Waals surface area contributed by atoms with E-state index in [1.807, 2.05) is 25.1 Å². The van der Waals surface area contributed by atoms with E-state index < -0.39 is 6.10 Å². The first-order valence-electron chi connectivity index (χ1n) is 8.17. The molecule has 0 radical (unpaired) electrons. The molecule has 0 aliphatic heterocycles. The minimum atomic E-state index is -0.686. The van der Waals surface area contributed by atoms with Gasteiger partial charge in [0.25, 0.3) is 5.91 Å². The molecule has 0 fully saturated rings. The van der Waals surface area contributed by atoms with Gasteiger partial charge in [0.1, 0.15) is 17.2 Å². The molecule has 6 heteroatoms. The van der Waals surface area contributed by atoms with Gasteiger partial charge in [-0.2, -0.15) is 5.26 Å². The normalized spacial score (nSPS) is 12.4. The van der Waals surface area contributed by atoms with E-state index in [-0.39, 0.29) is 11.9 Å². The van der Waals surface area contributed by atoms with Gasteiger partial charge in [0, 0.05) is 11.6 Å². The minimum absolute atomic E-state index is 0.250. The number of nitrogens with zero attached hydrogens (tertiary/aromatic N) is 1. The summed E-state index contributed by atoms with van der Waals surface area (Å²) in [6.45, 7) is 3.54. The van der Waals surface area contributed by atoms with Gasteiger partial charge in [0.2, 0.25) is 0 Å². The fourth-order valence-electron chi connectivity index (χ4n) is 2.45. The van der Waals surface area contributed by atoms with Gasteiger partial charge in [-0.05, 0) is 50.2 Å². The Balaban J connectivity index is 2.02. The number of hydrogen-bond acceptors (Lipinski definition) is 5. The van der Waals surface area contributed by atoms with Crippen LogP contribution in [0.15, 0.2) is 42.5 Å². The maximum absolute atomic E-state index is 12.4. The summed E-state index contributed by atoms with van der Waals surface area (Å²) in [6, 6.07) is 13.8. The summed E-state index contributed by atoms with van der Waals surface area (Å²) in [5.74, 6) is 1.60. The van der Waals surface area contributed by atoms with Crippen LogP contribution in [-0.4, -0.2) is 26.2 Å². The fraction of sp³-hybridized carbons (Fsp3) is 0.300. The highest BCUT2D eigenvalue weighted by atomic mass is 16.5. The second-order valence-electron chi connectivity index (χ2n) is 5.73. The average Bonchev–Trinajstić information content (AvgIpc) is 2.67. The van der Waals surface area contributed by atoms with E-state index >= 15 is 0 Å². The molecular weight excluding hydrogens is 332 g/mol. The van der Waals surface area contributed by atoms with E-state index in [0.29, 0.717) is 22.8 Å². The highest BCUT2D eigenvalue weighted by Gasteiger charge is 2.20. The molecule has 1 N–H and O–H groups in total. The first-order chi connectivity index (χ1) is 12.5. The van der Waals surface area contributed by atoms with E-state index in [1.54, 1.807) is 51.5 Å². The number of benzene rings is 2. The quantitative estimate of drug-likeness (QED) is 0.826. The molecule has 2 atom stereocenters. The van der Waals surface area contributed by atoms with Crippen molar-refractivity contribution < 1.29 is 19.0 Å². The molecule has 2 aromatic carbocycles. The SMILES string of the molecule is COc1ccc(C(C)NC(=O)C(C)Oc2ccc(C#N)cc2)c(OC)c1. The Labute approximate surface area is 153 Å². The third-order valence-corrected chi connectivity index (χ3v) is 3.93. The lowest BCUT2D eigenvalue weighted by atomic mass is 10.1. The number of carbonyl (C=O) groups excluding carboxylic acids is 1. The van der Waals surface area contributed by atoms with Crippen molar-refractivity contribution in [3.05, 3.63) is 53.6 Å². The first kappa shape index (κ1) is 19.1. The Bertz CT molecular complexity index is 796. The van der Waals surface area contributed by atoms with Gasteiger partial charge in [-0.25, -0.2) is 0 Å². The molecule has 0 heterocycles. The molecule has 0 spiro atoms. The number of rotatable bonds is 7. The molecule has 2 aromatic rings. The van der Waals surface area contributed by atoms with Crippen molar-refractivity contribution in [2.45, 2.75) is 26.0 Å².